The van der Waals surface area contributed by atoms with Gasteiger partial charge in [-0.1, -0.05) is 26.0 Å². The van der Waals surface area contributed by atoms with E-state index in [0.29, 0.717) is 11.6 Å². The molecule has 0 unspecified atom stereocenters. The molecule has 1 N–H and O–H groups in total. The summed E-state index contributed by atoms with van der Waals surface area (Å²) in [7, 11) is -3.55. The molecule has 0 atom stereocenters. The van der Waals surface area contributed by atoms with Gasteiger partial charge in [-0.25, -0.2) is 8.42 Å². The van der Waals surface area contributed by atoms with Crippen molar-refractivity contribution >= 4 is 15.7 Å². The number of anilines is 1. The van der Waals surface area contributed by atoms with Gasteiger partial charge in [0.2, 0.25) is 0 Å². The smallest absolute Gasteiger partial charge is 0.261 e. The Morgan fingerprint density at radius 1 is 1.11 bits per heavy atom. The number of aromatic nitrogens is 1. The van der Waals surface area contributed by atoms with Crippen molar-refractivity contribution in [1.29, 1.82) is 0 Å². The van der Waals surface area contributed by atoms with Crippen LogP contribution in [0.5, 0.6) is 0 Å². The molecule has 2 aromatic rings. The number of sulfonamides is 1. The van der Waals surface area contributed by atoms with Crippen LogP contribution in [0, 0.1) is 0 Å². The van der Waals surface area contributed by atoms with Crippen LogP contribution >= 0.6 is 0 Å². The average Bonchev–Trinajstić information content (AvgIpc) is 2.39. The molecule has 1 aromatic carbocycles. The average molecular weight is 276 g/mol. The summed E-state index contributed by atoms with van der Waals surface area (Å²) < 4.78 is 26.8. The van der Waals surface area contributed by atoms with E-state index in [1.165, 1.54) is 6.20 Å². The minimum atomic E-state index is -3.55. The third-order valence-electron chi connectivity index (χ3n) is 2.77. The lowest BCUT2D eigenvalue weighted by atomic mass is 10.0. The van der Waals surface area contributed by atoms with Gasteiger partial charge >= 0.3 is 0 Å². The molecule has 1 heterocycles. The van der Waals surface area contributed by atoms with Crippen LogP contribution < -0.4 is 4.72 Å². The summed E-state index contributed by atoms with van der Waals surface area (Å²) in [6, 6.07) is 10.2. The van der Waals surface area contributed by atoms with Gasteiger partial charge in [-0.3, -0.25) is 9.71 Å². The molecule has 5 heteroatoms. The molecule has 0 aliphatic rings. The van der Waals surface area contributed by atoms with Crippen LogP contribution in [-0.4, -0.2) is 13.4 Å². The Hall–Kier alpha value is -1.88. The van der Waals surface area contributed by atoms with Crippen LogP contribution in [0.4, 0.5) is 5.69 Å². The predicted molar refractivity (Wildman–Crippen MR) is 75.6 cm³/mol. The molecule has 19 heavy (non-hydrogen) atoms. The molecular weight excluding hydrogens is 260 g/mol. The molecule has 4 nitrogen and oxygen atoms in total. The summed E-state index contributed by atoms with van der Waals surface area (Å²) >= 11 is 0. The minimum Gasteiger partial charge on any atom is -0.278 e. The van der Waals surface area contributed by atoms with Crippen LogP contribution in [0.3, 0.4) is 0 Å². The molecule has 1 aromatic heterocycles. The molecule has 0 aliphatic carbocycles. The molecule has 0 aliphatic heterocycles. The minimum absolute atomic E-state index is 0.251. The Balaban J connectivity index is 2.25. The van der Waals surface area contributed by atoms with Gasteiger partial charge in [0.15, 0.2) is 0 Å². The zero-order valence-electron chi connectivity index (χ0n) is 10.9. The topological polar surface area (TPSA) is 59.1 Å². The summed E-state index contributed by atoms with van der Waals surface area (Å²) in [5, 5.41) is 0. The van der Waals surface area contributed by atoms with E-state index in [1.54, 1.807) is 30.5 Å². The van der Waals surface area contributed by atoms with Gasteiger partial charge in [0.05, 0.1) is 16.8 Å². The molecule has 0 fully saturated rings. The lowest BCUT2D eigenvalue weighted by Crippen LogP contribution is -2.13. The van der Waals surface area contributed by atoms with E-state index in [1.807, 2.05) is 12.1 Å². The molecule has 2 rings (SSSR count). The number of nitrogens with one attached hydrogen (secondary N) is 1. The molecule has 100 valence electrons. The lowest BCUT2D eigenvalue weighted by molar-refractivity contribution is 0.601. The molecule has 0 amide bonds. The van der Waals surface area contributed by atoms with Crippen LogP contribution in [-0.2, 0) is 10.0 Å². The second kappa shape index (κ2) is 5.40. The fourth-order valence-electron chi connectivity index (χ4n) is 1.67. The van der Waals surface area contributed by atoms with E-state index in [9.17, 15) is 8.42 Å². The highest BCUT2D eigenvalue weighted by molar-refractivity contribution is 7.92. The zero-order valence-corrected chi connectivity index (χ0v) is 11.7. The fourth-order valence-corrected chi connectivity index (χ4v) is 2.71. The number of hydrogen-bond acceptors (Lipinski definition) is 3. The third kappa shape index (κ3) is 3.32. The maximum Gasteiger partial charge on any atom is 0.261 e. The van der Waals surface area contributed by atoms with Crippen molar-refractivity contribution in [2.75, 3.05) is 4.72 Å². The largest absolute Gasteiger partial charge is 0.278 e. The van der Waals surface area contributed by atoms with E-state index in [0.717, 1.165) is 5.56 Å². The van der Waals surface area contributed by atoms with Gasteiger partial charge in [-0.15, -0.1) is 0 Å². The lowest BCUT2D eigenvalue weighted by Gasteiger charge is -2.09. The van der Waals surface area contributed by atoms with E-state index < -0.39 is 10.0 Å². The van der Waals surface area contributed by atoms with Gasteiger partial charge in [0, 0.05) is 6.20 Å². The van der Waals surface area contributed by atoms with Crippen molar-refractivity contribution in [2.24, 2.45) is 0 Å². The van der Waals surface area contributed by atoms with Crippen molar-refractivity contribution in [3.05, 3.63) is 54.4 Å². The normalized spacial score (nSPS) is 11.5. The Kier molecular flexibility index (Phi) is 3.85. The van der Waals surface area contributed by atoms with Gasteiger partial charge in [0.25, 0.3) is 10.0 Å². The first kappa shape index (κ1) is 13.5. The second-order valence-electron chi connectivity index (χ2n) is 4.57. The van der Waals surface area contributed by atoms with E-state index in [4.69, 9.17) is 0 Å². The van der Waals surface area contributed by atoms with Gasteiger partial charge in [-0.2, -0.15) is 0 Å². The summed E-state index contributed by atoms with van der Waals surface area (Å²) in [5.74, 6) is 0.378. The maximum atomic E-state index is 12.1. The first-order valence-corrected chi connectivity index (χ1v) is 7.50. The number of pyridine rings is 1. The molecule has 0 bridgehead atoms. The summed E-state index contributed by atoms with van der Waals surface area (Å²) in [6.45, 7) is 4.13. The highest BCUT2D eigenvalue weighted by Gasteiger charge is 2.14. The van der Waals surface area contributed by atoms with Crippen LogP contribution in [0.2, 0.25) is 0 Å². The van der Waals surface area contributed by atoms with Crippen LogP contribution in [0.15, 0.2) is 53.7 Å². The van der Waals surface area contributed by atoms with E-state index in [2.05, 4.69) is 23.6 Å². The molecule has 0 saturated carbocycles. The predicted octanol–water partition coefficient (Wildman–Crippen LogP) is 3.01. The molecule has 0 radical (unpaired) electrons. The fraction of sp³-hybridized carbons (Fsp3) is 0.214. The van der Waals surface area contributed by atoms with Crippen molar-refractivity contribution in [2.45, 2.75) is 24.7 Å². The van der Waals surface area contributed by atoms with Crippen molar-refractivity contribution in [1.82, 2.24) is 4.98 Å². The summed E-state index contributed by atoms with van der Waals surface area (Å²) in [6.07, 6.45) is 3.06. The maximum absolute atomic E-state index is 12.1. The monoisotopic (exact) mass is 276 g/mol. The second-order valence-corrected chi connectivity index (χ2v) is 6.25. The first-order valence-electron chi connectivity index (χ1n) is 6.02. The highest BCUT2D eigenvalue weighted by atomic mass is 32.2. The van der Waals surface area contributed by atoms with Gasteiger partial charge in [0.1, 0.15) is 0 Å². The number of nitrogens with zero attached hydrogens (tertiary/aromatic N) is 1. The number of rotatable bonds is 4. The highest BCUT2D eigenvalue weighted by Crippen LogP contribution is 2.19. The summed E-state index contributed by atoms with van der Waals surface area (Å²) in [4.78, 5) is 4.12. The Labute approximate surface area is 113 Å². The third-order valence-corrected chi connectivity index (χ3v) is 4.17. The van der Waals surface area contributed by atoms with E-state index >= 15 is 0 Å². The SMILES string of the molecule is CC(C)c1ccc(S(=O)(=O)Nc2cccnc2)cc1. The quantitative estimate of drug-likeness (QED) is 0.933. The Morgan fingerprint density at radius 3 is 2.32 bits per heavy atom. The van der Waals surface area contributed by atoms with Crippen molar-refractivity contribution in [3.8, 4) is 0 Å². The molecular formula is C14H16N2O2S. The number of benzene rings is 1. The molecule has 0 spiro atoms. The number of hydrogen-bond donors (Lipinski definition) is 1. The Morgan fingerprint density at radius 2 is 1.79 bits per heavy atom. The first-order chi connectivity index (χ1) is 8.99. The molecule has 0 saturated heterocycles. The summed E-state index contributed by atoms with van der Waals surface area (Å²) in [5.41, 5.74) is 1.57. The van der Waals surface area contributed by atoms with Crippen LogP contribution in [0.25, 0.3) is 0 Å². The van der Waals surface area contributed by atoms with Gasteiger partial charge < -0.3 is 0 Å². The van der Waals surface area contributed by atoms with Crippen molar-refractivity contribution in [3.63, 3.8) is 0 Å². The standard InChI is InChI=1S/C14H16N2O2S/c1-11(2)12-5-7-14(8-6-12)19(17,18)16-13-4-3-9-15-10-13/h3-11,16H,1-2H3. The van der Waals surface area contributed by atoms with E-state index in [-0.39, 0.29) is 4.90 Å². The Bertz CT molecular complexity index is 635. The zero-order chi connectivity index (χ0) is 13.9. The van der Waals surface area contributed by atoms with Crippen molar-refractivity contribution < 1.29 is 8.42 Å². The van der Waals surface area contributed by atoms with Gasteiger partial charge in [-0.05, 0) is 35.7 Å². The van der Waals surface area contributed by atoms with Crippen LogP contribution in [0.1, 0.15) is 25.3 Å².